The average molecular weight is 305 g/mol. The van der Waals surface area contributed by atoms with Crippen LogP contribution >= 0.6 is 0 Å². The minimum absolute atomic E-state index is 0.0677. The van der Waals surface area contributed by atoms with Crippen LogP contribution in [0.1, 0.15) is 20.8 Å². The maximum absolute atomic E-state index is 12.3. The van der Waals surface area contributed by atoms with Crippen molar-refractivity contribution in [2.45, 2.75) is 32.9 Å². The Labute approximate surface area is 126 Å². The van der Waals surface area contributed by atoms with Gasteiger partial charge >= 0.3 is 11.8 Å². The molecule has 0 aliphatic rings. The molecule has 0 aliphatic carbocycles. The van der Waals surface area contributed by atoms with Crippen molar-refractivity contribution in [1.82, 2.24) is 14.9 Å². The Morgan fingerprint density at radius 2 is 1.95 bits per heavy atom. The van der Waals surface area contributed by atoms with E-state index in [1.54, 1.807) is 45.0 Å². The van der Waals surface area contributed by atoms with E-state index in [-0.39, 0.29) is 18.6 Å². The molecule has 0 unspecified atom stereocenters. The number of aromatic nitrogens is 2. The van der Waals surface area contributed by atoms with Gasteiger partial charge in [-0.2, -0.15) is 0 Å². The summed E-state index contributed by atoms with van der Waals surface area (Å²) in [5.74, 6) is 0. The molecule has 22 heavy (non-hydrogen) atoms. The first kappa shape index (κ1) is 15.8. The van der Waals surface area contributed by atoms with Crippen LogP contribution in [0.5, 0.6) is 0 Å². The van der Waals surface area contributed by atoms with Crippen LogP contribution in [-0.4, -0.2) is 27.8 Å². The van der Waals surface area contributed by atoms with Gasteiger partial charge < -0.3 is 15.0 Å². The summed E-state index contributed by atoms with van der Waals surface area (Å²) in [7, 11) is 0. The molecule has 0 spiro atoms. The van der Waals surface area contributed by atoms with Crippen LogP contribution in [0.4, 0.5) is 4.79 Å². The van der Waals surface area contributed by atoms with E-state index in [2.05, 4.69) is 10.3 Å². The van der Waals surface area contributed by atoms with E-state index in [0.717, 1.165) is 4.57 Å². The first-order chi connectivity index (χ1) is 10.3. The lowest BCUT2D eigenvalue weighted by molar-refractivity contribution is 0.0526. The topological polar surface area (TPSA) is 93.2 Å². The summed E-state index contributed by atoms with van der Waals surface area (Å²) in [5.41, 5.74) is -0.990. The van der Waals surface area contributed by atoms with Gasteiger partial charge in [0, 0.05) is 13.1 Å². The van der Waals surface area contributed by atoms with Gasteiger partial charge in [-0.3, -0.25) is 9.36 Å². The highest BCUT2D eigenvalue weighted by Gasteiger charge is 2.15. The zero-order chi connectivity index (χ0) is 16.3. The molecule has 2 aromatic rings. The molecule has 0 bridgehead atoms. The minimum Gasteiger partial charge on any atom is -0.444 e. The summed E-state index contributed by atoms with van der Waals surface area (Å²) in [5, 5.41) is 2.95. The number of amides is 1. The molecule has 7 heteroatoms. The summed E-state index contributed by atoms with van der Waals surface area (Å²) in [6.45, 7) is 5.45. The number of ether oxygens (including phenoxy) is 1. The van der Waals surface area contributed by atoms with Gasteiger partial charge in [-0.05, 0) is 32.9 Å². The van der Waals surface area contributed by atoms with Crippen molar-refractivity contribution in [2.24, 2.45) is 0 Å². The van der Waals surface area contributed by atoms with Crippen molar-refractivity contribution < 1.29 is 9.53 Å². The molecular formula is C15H19N3O4. The zero-order valence-electron chi connectivity index (χ0n) is 12.8. The smallest absolute Gasteiger partial charge is 0.407 e. The second-order valence-corrected chi connectivity index (χ2v) is 5.86. The molecule has 0 saturated carbocycles. The van der Waals surface area contributed by atoms with Crippen molar-refractivity contribution >= 4 is 17.0 Å². The maximum Gasteiger partial charge on any atom is 0.407 e. The Morgan fingerprint density at radius 3 is 2.64 bits per heavy atom. The average Bonchev–Trinajstić information content (AvgIpc) is 2.40. The third-order valence-electron chi connectivity index (χ3n) is 2.89. The summed E-state index contributed by atoms with van der Waals surface area (Å²) >= 11 is 0. The van der Waals surface area contributed by atoms with E-state index in [1.807, 2.05) is 0 Å². The van der Waals surface area contributed by atoms with Gasteiger partial charge in [0.25, 0.3) is 5.56 Å². The number of H-pyrrole nitrogens is 1. The molecule has 7 nitrogen and oxygen atoms in total. The molecule has 0 aliphatic heterocycles. The third kappa shape index (κ3) is 3.75. The third-order valence-corrected chi connectivity index (χ3v) is 2.89. The van der Waals surface area contributed by atoms with E-state index >= 15 is 0 Å². The van der Waals surface area contributed by atoms with Crippen LogP contribution in [0.15, 0.2) is 33.9 Å². The van der Waals surface area contributed by atoms with Crippen LogP contribution in [0.3, 0.4) is 0 Å². The van der Waals surface area contributed by atoms with Crippen LogP contribution in [0.25, 0.3) is 10.9 Å². The molecule has 0 radical (unpaired) electrons. The number of carbonyl (C=O) groups is 1. The summed E-state index contributed by atoms with van der Waals surface area (Å²) < 4.78 is 6.14. The normalized spacial score (nSPS) is 11.4. The van der Waals surface area contributed by atoms with E-state index in [4.69, 9.17) is 4.74 Å². The highest BCUT2D eigenvalue weighted by Crippen LogP contribution is 2.06. The molecule has 0 fully saturated rings. The number of nitrogens with one attached hydrogen (secondary N) is 2. The molecule has 0 atom stereocenters. The van der Waals surface area contributed by atoms with Crippen LogP contribution in [-0.2, 0) is 11.3 Å². The lowest BCUT2D eigenvalue weighted by Crippen LogP contribution is -2.40. The molecule has 2 N–H and O–H groups in total. The van der Waals surface area contributed by atoms with Crippen molar-refractivity contribution in [3.63, 3.8) is 0 Å². The molecule has 1 amide bonds. The SMILES string of the molecule is CC(C)(C)OC(=O)NCCn1c(=O)[nH]c2ccccc2c1=O. The first-order valence-corrected chi connectivity index (χ1v) is 6.96. The molecule has 0 saturated heterocycles. The number of carbonyl (C=O) groups excluding carboxylic acids is 1. The van der Waals surface area contributed by atoms with Crippen LogP contribution < -0.4 is 16.6 Å². The lowest BCUT2D eigenvalue weighted by atomic mass is 10.2. The number of alkyl carbamates (subject to hydrolysis) is 1. The highest BCUT2D eigenvalue weighted by atomic mass is 16.6. The number of hydrogen-bond donors (Lipinski definition) is 2. The number of nitrogens with zero attached hydrogens (tertiary/aromatic N) is 1. The van der Waals surface area contributed by atoms with Crippen molar-refractivity contribution in [3.05, 3.63) is 45.1 Å². The molecule has 1 aromatic heterocycles. The van der Waals surface area contributed by atoms with E-state index in [1.165, 1.54) is 0 Å². The number of fused-ring (bicyclic) bond motifs is 1. The minimum atomic E-state index is -0.596. The van der Waals surface area contributed by atoms with E-state index in [9.17, 15) is 14.4 Å². The van der Waals surface area contributed by atoms with Gasteiger partial charge in [-0.1, -0.05) is 12.1 Å². The Balaban J connectivity index is 2.11. The summed E-state index contributed by atoms with van der Waals surface area (Å²) in [6.07, 6.45) is -0.585. The number of hydrogen-bond acceptors (Lipinski definition) is 4. The quantitative estimate of drug-likeness (QED) is 0.891. The van der Waals surface area contributed by atoms with Gasteiger partial charge in [-0.15, -0.1) is 0 Å². The molecule has 1 heterocycles. The van der Waals surface area contributed by atoms with Crippen LogP contribution in [0, 0.1) is 0 Å². The predicted molar refractivity (Wildman–Crippen MR) is 83.1 cm³/mol. The van der Waals surface area contributed by atoms with Gasteiger partial charge in [0.1, 0.15) is 5.60 Å². The Hall–Kier alpha value is -2.57. The Kier molecular flexibility index (Phi) is 4.35. The monoisotopic (exact) mass is 305 g/mol. The van der Waals surface area contributed by atoms with Crippen molar-refractivity contribution in [2.75, 3.05) is 6.54 Å². The Bertz CT molecular complexity index is 799. The predicted octanol–water partition coefficient (Wildman–Crippen LogP) is 1.21. The maximum atomic E-state index is 12.3. The van der Waals surface area contributed by atoms with Crippen LogP contribution in [0.2, 0.25) is 0 Å². The molecule has 118 valence electrons. The second kappa shape index (κ2) is 6.05. The van der Waals surface area contributed by atoms with Gasteiger partial charge in [-0.25, -0.2) is 9.59 Å². The fraction of sp³-hybridized carbons (Fsp3) is 0.400. The van der Waals surface area contributed by atoms with E-state index in [0.29, 0.717) is 10.9 Å². The molecule has 2 rings (SSSR count). The fourth-order valence-electron chi connectivity index (χ4n) is 1.99. The highest BCUT2D eigenvalue weighted by molar-refractivity contribution is 5.76. The number of para-hydroxylation sites is 1. The lowest BCUT2D eigenvalue weighted by Gasteiger charge is -2.19. The van der Waals surface area contributed by atoms with Gasteiger partial charge in [0.15, 0.2) is 0 Å². The number of aromatic amines is 1. The van der Waals surface area contributed by atoms with Gasteiger partial charge in [0.05, 0.1) is 10.9 Å². The number of benzene rings is 1. The standard InChI is InChI=1S/C15H19N3O4/c1-15(2,3)22-14(21)16-8-9-18-12(19)10-6-4-5-7-11(10)17-13(18)20/h4-7H,8-9H2,1-3H3,(H,16,21)(H,17,20). The van der Waals surface area contributed by atoms with Gasteiger partial charge in [0.2, 0.25) is 0 Å². The first-order valence-electron chi connectivity index (χ1n) is 6.96. The van der Waals surface area contributed by atoms with Crippen molar-refractivity contribution in [3.8, 4) is 0 Å². The molecular weight excluding hydrogens is 286 g/mol. The number of rotatable bonds is 3. The van der Waals surface area contributed by atoms with E-state index < -0.39 is 17.4 Å². The molecule has 1 aromatic carbocycles. The Morgan fingerprint density at radius 1 is 1.27 bits per heavy atom. The summed E-state index contributed by atoms with van der Waals surface area (Å²) in [6, 6.07) is 6.78. The summed E-state index contributed by atoms with van der Waals surface area (Å²) in [4.78, 5) is 38.3. The second-order valence-electron chi connectivity index (χ2n) is 5.86. The fourth-order valence-corrected chi connectivity index (χ4v) is 1.99. The zero-order valence-corrected chi connectivity index (χ0v) is 12.8. The van der Waals surface area contributed by atoms with Crippen molar-refractivity contribution in [1.29, 1.82) is 0 Å². The largest absolute Gasteiger partial charge is 0.444 e.